The molecule has 23 heavy (non-hydrogen) atoms. The molecule has 1 amide bonds. The lowest BCUT2D eigenvalue weighted by Crippen LogP contribution is -2.50. The zero-order valence-electron chi connectivity index (χ0n) is 12.8. The second kappa shape index (κ2) is 7.10. The zero-order valence-corrected chi connectivity index (χ0v) is 13.6. The van der Waals surface area contributed by atoms with Gasteiger partial charge in [-0.2, -0.15) is 0 Å². The SMILES string of the molecule is C[C@@H](NS(=O)(=O)Cc1ccccc1)C(=O)N1CCC[C@H]1C(=O)O. The van der Waals surface area contributed by atoms with E-state index in [1.54, 1.807) is 30.3 Å². The monoisotopic (exact) mass is 340 g/mol. The number of carboxylic acids is 1. The fourth-order valence-corrected chi connectivity index (χ4v) is 4.05. The highest BCUT2D eigenvalue weighted by molar-refractivity contribution is 7.88. The first-order valence-corrected chi connectivity index (χ1v) is 9.02. The Morgan fingerprint density at radius 2 is 2.00 bits per heavy atom. The molecule has 1 aromatic rings. The molecule has 0 aromatic heterocycles. The molecule has 0 unspecified atom stereocenters. The molecule has 0 radical (unpaired) electrons. The third-order valence-electron chi connectivity index (χ3n) is 3.75. The number of carbonyl (C=O) groups is 2. The van der Waals surface area contributed by atoms with E-state index >= 15 is 0 Å². The van der Waals surface area contributed by atoms with Crippen LogP contribution in [-0.4, -0.2) is 48.9 Å². The van der Waals surface area contributed by atoms with Crippen molar-refractivity contribution < 1.29 is 23.1 Å². The number of nitrogens with one attached hydrogen (secondary N) is 1. The van der Waals surface area contributed by atoms with E-state index < -0.39 is 34.0 Å². The highest BCUT2D eigenvalue weighted by Crippen LogP contribution is 2.18. The molecule has 1 fully saturated rings. The molecule has 0 spiro atoms. The summed E-state index contributed by atoms with van der Waals surface area (Å²) >= 11 is 0. The van der Waals surface area contributed by atoms with Crippen LogP contribution in [0, 0.1) is 0 Å². The number of aliphatic carboxylic acids is 1. The summed E-state index contributed by atoms with van der Waals surface area (Å²) in [6, 6.07) is 6.77. The molecule has 0 saturated carbocycles. The van der Waals surface area contributed by atoms with E-state index in [-0.39, 0.29) is 5.75 Å². The van der Waals surface area contributed by atoms with Crippen LogP contribution in [0.2, 0.25) is 0 Å². The van der Waals surface area contributed by atoms with E-state index in [1.165, 1.54) is 11.8 Å². The maximum atomic E-state index is 12.3. The summed E-state index contributed by atoms with van der Waals surface area (Å²) in [5.74, 6) is -1.80. The standard InChI is InChI=1S/C15H20N2O5S/c1-11(14(18)17-9-5-8-13(17)15(19)20)16-23(21,22)10-12-6-3-2-4-7-12/h2-4,6-7,11,13,16H,5,8-10H2,1H3,(H,19,20)/t11-,13+/m1/s1. The predicted molar refractivity (Wildman–Crippen MR) is 84.0 cm³/mol. The van der Waals surface area contributed by atoms with E-state index in [0.29, 0.717) is 24.9 Å². The van der Waals surface area contributed by atoms with Crippen molar-refractivity contribution in [3.63, 3.8) is 0 Å². The number of nitrogens with zero attached hydrogens (tertiary/aromatic N) is 1. The molecule has 1 aliphatic heterocycles. The smallest absolute Gasteiger partial charge is 0.326 e. The summed E-state index contributed by atoms with van der Waals surface area (Å²) in [6.07, 6.45) is 0.997. The average Bonchev–Trinajstić information content (AvgIpc) is 2.95. The number of hydrogen-bond acceptors (Lipinski definition) is 4. The van der Waals surface area contributed by atoms with Gasteiger partial charge in [0.1, 0.15) is 6.04 Å². The lowest BCUT2D eigenvalue weighted by molar-refractivity contribution is -0.148. The van der Waals surface area contributed by atoms with Gasteiger partial charge in [0.2, 0.25) is 15.9 Å². The number of sulfonamides is 1. The Balaban J connectivity index is 2.01. The van der Waals surface area contributed by atoms with Crippen molar-refractivity contribution in [2.24, 2.45) is 0 Å². The molecule has 7 nitrogen and oxygen atoms in total. The lowest BCUT2D eigenvalue weighted by atomic mass is 10.2. The van der Waals surface area contributed by atoms with Crippen LogP contribution in [-0.2, 0) is 25.4 Å². The van der Waals surface area contributed by atoms with Crippen molar-refractivity contribution in [2.45, 2.75) is 37.6 Å². The Morgan fingerprint density at radius 3 is 2.61 bits per heavy atom. The Hall–Kier alpha value is -1.93. The number of hydrogen-bond donors (Lipinski definition) is 2. The highest BCUT2D eigenvalue weighted by Gasteiger charge is 2.36. The van der Waals surface area contributed by atoms with Crippen LogP contribution >= 0.6 is 0 Å². The molecule has 0 bridgehead atoms. The second-order valence-corrected chi connectivity index (χ2v) is 7.37. The summed E-state index contributed by atoms with van der Waals surface area (Å²) in [7, 11) is -3.69. The minimum Gasteiger partial charge on any atom is -0.480 e. The maximum absolute atomic E-state index is 12.3. The van der Waals surface area contributed by atoms with Crippen LogP contribution in [0.25, 0.3) is 0 Å². The Labute approximate surface area is 135 Å². The van der Waals surface area contributed by atoms with Crippen LogP contribution in [0.5, 0.6) is 0 Å². The Kier molecular flexibility index (Phi) is 5.38. The predicted octanol–water partition coefficient (Wildman–Crippen LogP) is 0.570. The number of benzene rings is 1. The first-order chi connectivity index (χ1) is 10.8. The van der Waals surface area contributed by atoms with Crippen LogP contribution in [0.1, 0.15) is 25.3 Å². The number of likely N-dealkylation sites (tertiary alicyclic amines) is 1. The minimum atomic E-state index is -3.69. The molecular formula is C15H20N2O5S. The molecule has 2 atom stereocenters. The summed E-state index contributed by atoms with van der Waals surface area (Å²) in [5, 5.41) is 9.11. The zero-order chi connectivity index (χ0) is 17.0. The molecule has 1 aliphatic rings. The first kappa shape index (κ1) is 17.4. The van der Waals surface area contributed by atoms with Crippen LogP contribution in [0.4, 0.5) is 0 Å². The van der Waals surface area contributed by atoms with E-state index in [1.807, 2.05) is 0 Å². The highest BCUT2D eigenvalue weighted by atomic mass is 32.2. The lowest BCUT2D eigenvalue weighted by Gasteiger charge is -2.25. The number of carbonyl (C=O) groups excluding carboxylic acids is 1. The van der Waals surface area contributed by atoms with E-state index in [9.17, 15) is 18.0 Å². The van der Waals surface area contributed by atoms with Crippen molar-refractivity contribution >= 4 is 21.9 Å². The van der Waals surface area contributed by atoms with Crippen molar-refractivity contribution in [1.82, 2.24) is 9.62 Å². The van der Waals surface area contributed by atoms with Gasteiger partial charge in [-0.15, -0.1) is 0 Å². The molecular weight excluding hydrogens is 320 g/mol. The molecule has 1 saturated heterocycles. The van der Waals surface area contributed by atoms with Crippen LogP contribution < -0.4 is 4.72 Å². The van der Waals surface area contributed by atoms with E-state index in [2.05, 4.69) is 4.72 Å². The molecule has 0 aliphatic carbocycles. The van der Waals surface area contributed by atoms with Gasteiger partial charge in [0, 0.05) is 6.54 Å². The summed E-state index contributed by atoms with van der Waals surface area (Å²) < 4.78 is 26.6. The fourth-order valence-electron chi connectivity index (χ4n) is 2.69. The van der Waals surface area contributed by atoms with E-state index in [0.717, 1.165) is 0 Å². The topological polar surface area (TPSA) is 104 Å². The maximum Gasteiger partial charge on any atom is 0.326 e. The third kappa shape index (κ3) is 4.52. The van der Waals surface area contributed by atoms with Gasteiger partial charge in [0.05, 0.1) is 11.8 Å². The van der Waals surface area contributed by atoms with Gasteiger partial charge in [-0.3, -0.25) is 4.79 Å². The number of rotatable bonds is 6. The van der Waals surface area contributed by atoms with Crippen molar-refractivity contribution in [1.29, 1.82) is 0 Å². The summed E-state index contributed by atoms with van der Waals surface area (Å²) in [5.41, 5.74) is 0.615. The summed E-state index contributed by atoms with van der Waals surface area (Å²) in [6.45, 7) is 1.77. The molecule has 1 heterocycles. The van der Waals surface area contributed by atoms with Crippen LogP contribution in [0.3, 0.4) is 0 Å². The first-order valence-electron chi connectivity index (χ1n) is 7.37. The van der Waals surface area contributed by atoms with Gasteiger partial charge in [0.15, 0.2) is 0 Å². The van der Waals surface area contributed by atoms with Gasteiger partial charge in [-0.05, 0) is 25.3 Å². The minimum absolute atomic E-state index is 0.228. The quantitative estimate of drug-likeness (QED) is 0.788. The fraction of sp³-hybridized carbons (Fsp3) is 0.467. The Morgan fingerprint density at radius 1 is 1.35 bits per heavy atom. The normalized spacial score (nSPS) is 19.5. The van der Waals surface area contributed by atoms with Crippen molar-refractivity contribution in [2.75, 3.05) is 6.54 Å². The Bertz CT molecular complexity index is 674. The van der Waals surface area contributed by atoms with Crippen molar-refractivity contribution in [3.8, 4) is 0 Å². The van der Waals surface area contributed by atoms with Gasteiger partial charge < -0.3 is 10.0 Å². The van der Waals surface area contributed by atoms with Gasteiger partial charge in [0.25, 0.3) is 0 Å². The second-order valence-electron chi connectivity index (χ2n) is 5.61. The largest absolute Gasteiger partial charge is 0.480 e. The molecule has 126 valence electrons. The third-order valence-corrected chi connectivity index (χ3v) is 5.17. The van der Waals surface area contributed by atoms with E-state index in [4.69, 9.17) is 5.11 Å². The number of amides is 1. The molecule has 2 rings (SSSR count). The van der Waals surface area contributed by atoms with Gasteiger partial charge in [-0.25, -0.2) is 17.9 Å². The summed E-state index contributed by atoms with van der Waals surface area (Å²) in [4.78, 5) is 24.7. The van der Waals surface area contributed by atoms with Gasteiger partial charge in [-0.1, -0.05) is 30.3 Å². The molecule has 8 heteroatoms. The number of carboxylic acid groups (broad SMARTS) is 1. The average molecular weight is 340 g/mol. The van der Waals surface area contributed by atoms with Gasteiger partial charge >= 0.3 is 5.97 Å². The molecule has 2 N–H and O–H groups in total. The van der Waals surface area contributed by atoms with Crippen molar-refractivity contribution in [3.05, 3.63) is 35.9 Å². The molecule has 1 aromatic carbocycles. The van der Waals surface area contributed by atoms with Crippen LogP contribution in [0.15, 0.2) is 30.3 Å².